The number of ether oxygens (including phenoxy) is 1. The summed E-state index contributed by atoms with van der Waals surface area (Å²) in [7, 11) is 0. The molecule has 1 atom stereocenters. The van der Waals surface area contributed by atoms with E-state index in [0.717, 1.165) is 13.1 Å². The maximum Gasteiger partial charge on any atom is 0.223 e. The highest BCUT2D eigenvalue weighted by Gasteiger charge is 2.28. The van der Waals surface area contributed by atoms with Gasteiger partial charge >= 0.3 is 0 Å². The van der Waals surface area contributed by atoms with Gasteiger partial charge in [0.25, 0.3) is 0 Å². The molecular formula is C19H21ClF2N2O2. The van der Waals surface area contributed by atoms with E-state index in [-0.39, 0.29) is 42.3 Å². The number of amides is 1. The van der Waals surface area contributed by atoms with Crippen LogP contribution < -0.4 is 15.4 Å². The molecule has 140 valence electrons. The average molecular weight is 383 g/mol. The van der Waals surface area contributed by atoms with E-state index in [1.807, 2.05) is 6.92 Å². The summed E-state index contributed by atoms with van der Waals surface area (Å²) in [6, 6.07) is 10.2. The van der Waals surface area contributed by atoms with Crippen LogP contribution in [-0.4, -0.2) is 19.0 Å². The Labute approximate surface area is 157 Å². The van der Waals surface area contributed by atoms with E-state index in [2.05, 4.69) is 10.6 Å². The minimum Gasteiger partial charge on any atom is -0.451 e. The molecule has 2 aromatic carbocycles. The molecule has 1 amide bonds. The normalized spacial score (nSPS) is 14.7. The lowest BCUT2D eigenvalue weighted by molar-refractivity contribution is -0.126. The van der Waals surface area contributed by atoms with Gasteiger partial charge in [-0.15, -0.1) is 12.4 Å². The van der Waals surface area contributed by atoms with Crippen molar-refractivity contribution in [2.75, 3.05) is 13.1 Å². The van der Waals surface area contributed by atoms with Gasteiger partial charge in [0.1, 0.15) is 0 Å². The molecule has 0 radical (unpaired) electrons. The summed E-state index contributed by atoms with van der Waals surface area (Å²) in [5.41, 5.74) is 0.616. The molecule has 2 N–H and O–H groups in total. The summed E-state index contributed by atoms with van der Waals surface area (Å²) in [5.74, 6) is -1.02. The van der Waals surface area contributed by atoms with Gasteiger partial charge in [-0.25, -0.2) is 8.78 Å². The van der Waals surface area contributed by atoms with Crippen molar-refractivity contribution in [1.29, 1.82) is 0 Å². The topological polar surface area (TPSA) is 50.4 Å². The number of carbonyl (C=O) groups is 1. The second-order valence-electron chi connectivity index (χ2n) is 6.22. The van der Waals surface area contributed by atoms with Gasteiger partial charge in [0.15, 0.2) is 23.1 Å². The lowest BCUT2D eigenvalue weighted by atomic mass is 9.88. The van der Waals surface area contributed by atoms with Gasteiger partial charge in [-0.2, -0.15) is 0 Å². The molecule has 0 aliphatic carbocycles. The Morgan fingerprint density at radius 2 is 1.88 bits per heavy atom. The first-order chi connectivity index (χ1) is 12.0. The number of rotatable bonds is 6. The molecule has 3 rings (SSSR count). The molecule has 1 unspecified atom stereocenters. The van der Waals surface area contributed by atoms with Gasteiger partial charge in [-0.05, 0) is 48.8 Å². The molecule has 1 aliphatic rings. The van der Waals surface area contributed by atoms with Crippen molar-refractivity contribution in [3.05, 3.63) is 59.7 Å². The Morgan fingerprint density at radius 1 is 1.19 bits per heavy atom. The van der Waals surface area contributed by atoms with E-state index < -0.39 is 11.6 Å². The van der Waals surface area contributed by atoms with E-state index in [1.165, 1.54) is 30.3 Å². The Bertz CT molecular complexity index is 769. The zero-order chi connectivity index (χ0) is 17.8. The van der Waals surface area contributed by atoms with Crippen LogP contribution in [0.15, 0.2) is 42.5 Å². The maximum absolute atomic E-state index is 14.2. The number of nitrogens with one attached hydrogen (secondary N) is 2. The van der Waals surface area contributed by atoms with Crippen LogP contribution in [0.25, 0.3) is 0 Å². The van der Waals surface area contributed by atoms with Crippen LogP contribution in [0, 0.1) is 23.5 Å². The molecule has 1 heterocycles. The molecule has 0 aromatic heterocycles. The predicted octanol–water partition coefficient (Wildman–Crippen LogP) is 3.65. The molecule has 1 saturated heterocycles. The molecule has 0 spiro atoms. The van der Waals surface area contributed by atoms with Crippen molar-refractivity contribution in [2.24, 2.45) is 11.8 Å². The first-order valence-electron chi connectivity index (χ1n) is 8.24. The molecule has 1 aliphatic heterocycles. The summed E-state index contributed by atoms with van der Waals surface area (Å²) in [6.45, 7) is 3.84. The largest absolute Gasteiger partial charge is 0.451 e. The summed E-state index contributed by atoms with van der Waals surface area (Å²) in [4.78, 5) is 12.1. The van der Waals surface area contributed by atoms with Crippen molar-refractivity contribution in [2.45, 2.75) is 13.5 Å². The summed E-state index contributed by atoms with van der Waals surface area (Å²) >= 11 is 0. The molecule has 4 nitrogen and oxygen atoms in total. The fourth-order valence-corrected chi connectivity index (χ4v) is 2.61. The highest BCUT2D eigenvalue weighted by atomic mass is 35.5. The molecule has 7 heteroatoms. The molecule has 0 bridgehead atoms. The van der Waals surface area contributed by atoms with Crippen LogP contribution in [0.1, 0.15) is 12.5 Å². The minimum atomic E-state index is -0.605. The molecule has 1 fully saturated rings. The fourth-order valence-electron chi connectivity index (χ4n) is 2.61. The third-order valence-corrected chi connectivity index (χ3v) is 4.45. The van der Waals surface area contributed by atoms with E-state index >= 15 is 0 Å². The number of hydrogen-bond donors (Lipinski definition) is 2. The van der Waals surface area contributed by atoms with Gasteiger partial charge in [0, 0.05) is 12.5 Å². The van der Waals surface area contributed by atoms with E-state index in [0.29, 0.717) is 11.5 Å². The Balaban J connectivity index is 0.00000243. The summed E-state index contributed by atoms with van der Waals surface area (Å²) in [5, 5.41) is 5.96. The number of halogens is 3. The van der Waals surface area contributed by atoms with Gasteiger partial charge < -0.3 is 15.4 Å². The smallest absolute Gasteiger partial charge is 0.223 e. The van der Waals surface area contributed by atoms with Crippen LogP contribution in [0.3, 0.4) is 0 Å². The fraction of sp³-hybridized carbons (Fsp3) is 0.316. The second-order valence-corrected chi connectivity index (χ2v) is 6.22. The van der Waals surface area contributed by atoms with E-state index in [4.69, 9.17) is 4.74 Å². The first-order valence-corrected chi connectivity index (χ1v) is 8.24. The SMILES string of the molecule is CC(C(=O)NCc1ccc(Oc2ccccc2F)c(F)c1)C1CNC1.Cl. The first kappa shape index (κ1) is 20.1. The van der Waals surface area contributed by atoms with Crippen LogP contribution >= 0.6 is 12.4 Å². The molecular weight excluding hydrogens is 362 g/mol. The highest BCUT2D eigenvalue weighted by molar-refractivity contribution is 5.85. The van der Waals surface area contributed by atoms with Crippen LogP contribution in [0.2, 0.25) is 0 Å². The zero-order valence-electron chi connectivity index (χ0n) is 14.3. The Kier molecular flexibility index (Phi) is 6.94. The van der Waals surface area contributed by atoms with E-state index in [9.17, 15) is 13.6 Å². The molecule has 26 heavy (non-hydrogen) atoms. The van der Waals surface area contributed by atoms with Gasteiger partial charge in [0.2, 0.25) is 5.91 Å². The Hall–Kier alpha value is -2.18. The third-order valence-electron chi connectivity index (χ3n) is 4.45. The number of para-hydroxylation sites is 1. The lowest BCUT2D eigenvalue weighted by Crippen LogP contribution is -2.49. The Morgan fingerprint density at radius 3 is 2.50 bits per heavy atom. The monoisotopic (exact) mass is 382 g/mol. The number of carbonyl (C=O) groups excluding carboxylic acids is 1. The van der Waals surface area contributed by atoms with Crippen molar-refractivity contribution in [1.82, 2.24) is 10.6 Å². The third kappa shape index (κ3) is 4.71. The van der Waals surface area contributed by atoms with Crippen molar-refractivity contribution in [3.63, 3.8) is 0 Å². The van der Waals surface area contributed by atoms with Crippen molar-refractivity contribution >= 4 is 18.3 Å². The van der Waals surface area contributed by atoms with Crippen LogP contribution in [-0.2, 0) is 11.3 Å². The van der Waals surface area contributed by atoms with Gasteiger partial charge in [0.05, 0.1) is 0 Å². The predicted molar refractivity (Wildman–Crippen MR) is 97.5 cm³/mol. The number of hydrogen-bond acceptors (Lipinski definition) is 3. The van der Waals surface area contributed by atoms with Gasteiger partial charge in [-0.1, -0.05) is 25.1 Å². The summed E-state index contributed by atoms with van der Waals surface area (Å²) < 4.78 is 33.0. The molecule has 2 aromatic rings. The highest BCUT2D eigenvalue weighted by Crippen LogP contribution is 2.27. The lowest BCUT2D eigenvalue weighted by Gasteiger charge is -2.31. The van der Waals surface area contributed by atoms with Crippen LogP contribution in [0.4, 0.5) is 8.78 Å². The minimum absolute atomic E-state index is 0. The summed E-state index contributed by atoms with van der Waals surface area (Å²) in [6.07, 6.45) is 0. The van der Waals surface area contributed by atoms with Gasteiger partial charge in [-0.3, -0.25) is 4.79 Å². The van der Waals surface area contributed by atoms with Crippen LogP contribution in [0.5, 0.6) is 11.5 Å². The van der Waals surface area contributed by atoms with Crippen molar-refractivity contribution < 1.29 is 18.3 Å². The maximum atomic E-state index is 14.2. The standard InChI is InChI=1S/C19H20F2N2O2.ClH/c1-12(14-10-22-11-14)19(24)23-9-13-6-7-18(16(21)8-13)25-17-5-3-2-4-15(17)20;/h2-8,12,14,22H,9-11H2,1H3,(H,23,24);1H. The number of benzene rings is 2. The zero-order valence-corrected chi connectivity index (χ0v) is 15.1. The second kappa shape index (κ2) is 8.96. The van der Waals surface area contributed by atoms with E-state index in [1.54, 1.807) is 12.1 Å². The quantitative estimate of drug-likeness (QED) is 0.801. The van der Waals surface area contributed by atoms with Crippen molar-refractivity contribution in [3.8, 4) is 11.5 Å². The average Bonchev–Trinajstić information content (AvgIpc) is 2.55. The molecule has 0 saturated carbocycles.